The van der Waals surface area contributed by atoms with Crippen LogP contribution >= 0.6 is 11.3 Å². The van der Waals surface area contributed by atoms with E-state index in [4.69, 9.17) is 4.74 Å². The zero-order valence-electron chi connectivity index (χ0n) is 15.3. The van der Waals surface area contributed by atoms with E-state index in [1.807, 2.05) is 24.3 Å². The van der Waals surface area contributed by atoms with Crippen molar-refractivity contribution in [3.63, 3.8) is 0 Å². The monoisotopic (exact) mass is 416 g/mol. The van der Waals surface area contributed by atoms with Crippen LogP contribution in [0.5, 0.6) is 5.75 Å². The molecule has 28 heavy (non-hydrogen) atoms. The number of benzene rings is 2. The molecule has 3 aromatic rings. The van der Waals surface area contributed by atoms with E-state index in [-0.39, 0.29) is 10.1 Å². The van der Waals surface area contributed by atoms with Crippen molar-refractivity contribution < 1.29 is 17.9 Å². The predicted molar refractivity (Wildman–Crippen MR) is 110 cm³/mol. The van der Waals surface area contributed by atoms with Gasteiger partial charge in [-0.3, -0.25) is 4.79 Å². The number of rotatable bonds is 5. The Morgan fingerprint density at radius 3 is 2.64 bits per heavy atom. The number of hydrogen-bond donors (Lipinski definition) is 1. The third-order valence-corrected chi connectivity index (χ3v) is 8.21. The summed E-state index contributed by atoms with van der Waals surface area (Å²) in [6, 6.07) is 13.8. The number of ether oxygens (including phenoxy) is 1. The second kappa shape index (κ2) is 7.54. The van der Waals surface area contributed by atoms with Crippen molar-refractivity contribution in [2.75, 3.05) is 19.0 Å². The molecule has 4 rings (SSSR count). The first-order valence-corrected chi connectivity index (χ1v) is 11.3. The van der Waals surface area contributed by atoms with E-state index < -0.39 is 16.1 Å². The average molecular weight is 417 g/mol. The highest BCUT2D eigenvalue weighted by atomic mass is 32.2. The summed E-state index contributed by atoms with van der Waals surface area (Å²) in [4.78, 5) is 13.0. The van der Waals surface area contributed by atoms with Gasteiger partial charge < -0.3 is 10.1 Å². The highest BCUT2D eigenvalue weighted by molar-refractivity contribution is 7.91. The van der Waals surface area contributed by atoms with Gasteiger partial charge in [0.1, 0.15) is 16.0 Å². The molecule has 0 bridgehead atoms. The van der Waals surface area contributed by atoms with Crippen LogP contribution in [0.25, 0.3) is 10.8 Å². The van der Waals surface area contributed by atoms with E-state index in [2.05, 4.69) is 5.32 Å². The third kappa shape index (κ3) is 3.28. The fourth-order valence-corrected chi connectivity index (χ4v) is 6.37. The number of thiophene rings is 1. The zero-order chi connectivity index (χ0) is 19.7. The van der Waals surface area contributed by atoms with Crippen molar-refractivity contribution in [2.45, 2.75) is 23.1 Å². The van der Waals surface area contributed by atoms with Crippen LogP contribution in [0.2, 0.25) is 0 Å². The molecule has 0 unspecified atom stereocenters. The van der Waals surface area contributed by atoms with Crippen molar-refractivity contribution in [1.29, 1.82) is 0 Å². The molecule has 1 aromatic heterocycles. The minimum Gasteiger partial charge on any atom is -0.496 e. The topological polar surface area (TPSA) is 75.7 Å². The number of carbonyl (C=O) groups excluding carboxylic acids is 1. The minimum atomic E-state index is -3.66. The summed E-state index contributed by atoms with van der Waals surface area (Å²) in [6.07, 6.45) is 1.16. The van der Waals surface area contributed by atoms with Crippen LogP contribution in [0.4, 0.5) is 5.69 Å². The third-order valence-electron chi connectivity index (χ3n) is 4.93. The maximum atomic E-state index is 13.0. The fraction of sp³-hybridized carbons (Fsp3) is 0.250. The van der Waals surface area contributed by atoms with Crippen molar-refractivity contribution >= 4 is 43.7 Å². The molecule has 1 N–H and O–H groups in total. The molecular formula is C20H20N2O4S2. The van der Waals surface area contributed by atoms with Crippen LogP contribution in [0.1, 0.15) is 12.8 Å². The number of methoxy groups -OCH3 is 1. The Balaban J connectivity index is 1.63. The Morgan fingerprint density at radius 2 is 1.93 bits per heavy atom. The number of carbonyl (C=O) groups is 1. The summed E-state index contributed by atoms with van der Waals surface area (Å²) in [7, 11) is -2.06. The Hall–Kier alpha value is -2.42. The Morgan fingerprint density at radius 1 is 1.14 bits per heavy atom. The smallest absolute Gasteiger partial charge is 0.253 e. The van der Waals surface area contributed by atoms with Gasteiger partial charge in [-0.15, -0.1) is 11.3 Å². The molecule has 8 heteroatoms. The minimum absolute atomic E-state index is 0.266. The second-order valence-electron chi connectivity index (χ2n) is 6.56. The Labute approximate surface area is 167 Å². The second-order valence-corrected chi connectivity index (χ2v) is 9.62. The molecule has 2 aromatic carbocycles. The van der Waals surface area contributed by atoms with Crippen LogP contribution in [-0.4, -0.2) is 38.3 Å². The van der Waals surface area contributed by atoms with Crippen LogP contribution in [-0.2, 0) is 14.8 Å². The van der Waals surface area contributed by atoms with Gasteiger partial charge in [-0.1, -0.05) is 30.3 Å². The summed E-state index contributed by atoms with van der Waals surface area (Å²) in [5.41, 5.74) is 0.641. The summed E-state index contributed by atoms with van der Waals surface area (Å²) in [5.74, 6) is 0.407. The normalized spacial score (nSPS) is 17.7. The average Bonchev–Trinajstić information content (AvgIpc) is 3.40. The number of sulfonamides is 1. The predicted octanol–water partition coefficient (Wildman–Crippen LogP) is 3.70. The van der Waals surface area contributed by atoms with Gasteiger partial charge in [0.25, 0.3) is 10.0 Å². The maximum Gasteiger partial charge on any atom is 0.253 e. The van der Waals surface area contributed by atoms with Gasteiger partial charge >= 0.3 is 0 Å². The SMILES string of the molecule is COc1ccc(NC(=O)[C@@H]2CCCN2S(=O)(=O)c2cccs2)c2ccccc12. The lowest BCUT2D eigenvalue weighted by Crippen LogP contribution is -2.42. The first-order chi connectivity index (χ1) is 13.5. The molecule has 1 atom stereocenters. The summed E-state index contributed by atoms with van der Waals surface area (Å²) in [6.45, 7) is 0.349. The molecule has 1 saturated heterocycles. The molecule has 146 valence electrons. The highest BCUT2D eigenvalue weighted by Gasteiger charge is 2.40. The van der Waals surface area contributed by atoms with E-state index in [1.165, 1.54) is 15.6 Å². The first kappa shape index (κ1) is 18.9. The molecule has 1 aliphatic rings. The summed E-state index contributed by atoms with van der Waals surface area (Å²) < 4.78 is 32.8. The van der Waals surface area contributed by atoms with Crippen LogP contribution in [0, 0.1) is 0 Å². The van der Waals surface area contributed by atoms with E-state index in [0.29, 0.717) is 25.1 Å². The molecule has 0 aliphatic carbocycles. The molecule has 6 nitrogen and oxygen atoms in total. The quantitative estimate of drug-likeness (QED) is 0.688. The van der Waals surface area contributed by atoms with Crippen LogP contribution in [0.3, 0.4) is 0 Å². The lowest BCUT2D eigenvalue weighted by molar-refractivity contribution is -0.119. The van der Waals surface area contributed by atoms with Gasteiger partial charge in [0.2, 0.25) is 5.91 Å². The molecule has 0 radical (unpaired) electrons. The van der Waals surface area contributed by atoms with Gasteiger partial charge in [-0.05, 0) is 36.4 Å². The molecule has 0 spiro atoms. The molecule has 1 fully saturated rings. The van der Waals surface area contributed by atoms with E-state index in [9.17, 15) is 13.2 Å². The van der Waals surface area contributed by atoms with Crippen molar-refractivity contribution in [2.24, 2.45) is 0 Å². The first-order valence-electron chi connectivity index (χ1n) is 8.94. The number of nitrogens with one attached hydrogen (secondary N) is 1. The van der Waals surface area contributed by atoms with Crippen LogP contribution in [0.15, 0.2) is 58.1 Å². The van der Waals surface area contributed by atoms with Gasteiger partial charge in [-0.2, -0.15) is 4.31 Å². The van der Waals surface area contributed by atoms with Gasteiger partial charge in [0.15, 0.2) is 0 Å². The van der Waals surface area contributed by atoms with Gasteiger partial charge in [0.05, 0.1) is 7.11 Å². The van der Waals surface area contributed by atoms with Crippen molar-refractivity contribution in [3.8, 4) is 5.75 Å². The van der Waals surface area contributed by atoms with Gasteiger partial charge in [-0.25, -0.2) is 8.42 Å². The van der Waals surface area contributed by atoms with Crippen LogP contribution < -0.4 is 10.1 Å². The standard InChI is InChI=1S/C20H20N2O4S2/c1-26-18-11-10-16(14-6-2-3-7-15(14)18)21-20(23)17-8-4-12-22(17)28(24,25)19-9-5-13-27-19/h2-3,5-7,9-11,13,17H,4,8,12H2,1H3,(H,21,23)/t17-/m0/s1. The summed E-state index contributed by atoms with van der Waals surface area (Å²) >= 11 is 1.17. The van der Waals surface area contributed by atoms with Crippen molar-refractivity contribution in [1.82, 2.24) is 4.31 Å². The number of hydrogen-bond acceptors (Lipinski definition) is 5. The van der Waals surface area contributed by atoms with E-state index >= 15 is 0 Å². The van der Waals surface area contributed by atoms with Gasteiger partial charge in [0, 0.05) is 23.0 Å². The van der Waals surface area contributed by atoms with E-state index in [1.54, 1.807) is 36.8 Å². The molecule has 1 aliphatic heterocycles. The van der Waals surface area contributed by atoms with Crippen molar-refractivity contribution in [3.05, 3.63) is 53.9 Å². The summed E-state index contributed by atoms with van der Waals surface area (Å²) in [5, 5.41) is 6.39. The lowest BCUT2D eigenvalue weighted by Gasteiger charge is -2.23. The number of fused-ring (bicyclic) bond motifs is 1. The molecule has 2 heterocycles. The molecular weight excluding hydrogens is 396 g/mol. The number of anilines is 1. The fourth-order valence-electron chi connectivity index (χ4n) is 3.59. The molecule has 0 saturated carbocycles. The zero-order valence-corrected chi connectivity index (χ0v) is 16.9. The Bertz CT molecular complexity index is 1110. The number of nitrogens with zero attached hydrogens (tertiary/aromatic N) is 1. The Kier molecular flexibility index (Phi) is 5.09. The van der Waals surface area contributed by atoms with E-state index in [0.717, 1.165) is 16.5 Å². The highest BCUT2D eigenvalue weighted by Crippen LogP contribution is 2.33. The molecule has 1 amide bonds. The lowest BCUT2D eigenvalue weighted by atomic mass is 10.1. The maximum absolute atomic E-state index is 13.0. The largest absolute Gasteiger partial charge is 0.496 e. The number of amides is 1.